The molecule has 0 bridgehead atoms. The van der Waals surface area contributed by atoms with Crippen LogP contribution in [0, 0.1) is 13.8 Å². The Kier molecular flexibility index (Phi) is 10.7. The van der Waals surface area contributed by atoms with E-state index in [2.05, 4.69) is 5.32 Å². The van der Waals surface area contributed by atoms with Gasteiger partial charge in [-0.15, -0.1) is 0 Å². The summed E-state index contributed by atoms with van der Waals surface area (Å²) in [5.74, 6) is -0.161. The van der Waals surface area contributed by atoms with E-state index in [-0.39, 0.29) is 18.9 Å². The molecule has 0 fully saturated rings. The molecule has 40 heavy (non-hydrogen) atoms. The maximum atomic E-state index is 14.1. The van der Waals surface area contributed by atoms with Crippen LogP contribution in [0.4, 0.5) is 5.69 Å². The first-order chi connectivity index (χ1) is 19.0. The van der Waals surface area contributed by atoms with Crippen LogP contribution in [0.15, 0.2) is 72.8 Å². The van der Waals surface area contributed by atoms with E-state index in [1.807, 2.05) is 75.4 Å². The molecule has 0 radical (unpaired) electrons. The van der Waals surface area contributed by atoms with E-state index in [1.165, 1.54) is 4.90 Å². The van der Waals surface area contributed by atoms with Gasteiger partial charge in [0.05, 0.1) is 19.1 Å². The Bertz CT molecular complexity index is 1410. The van der Waals surface area contributed by atoms with Crippen LogP contribution in [0.25, 0.3) is 0 Å². The minimum absolute atomic E-state index is 0.0948. The Balaban J connectivity index is 2.06. The number of nitrogens with zero attached hydrogens (tertiary/aromatic N) is 2. The number of aryl methyl sites for hydroxylation is 2. The van der Waals surface area contributed by atoms with Crippen LogP contribution in [0.1, 0.15) is 35.6 Å². The standard InChI is InChI=1S/C31H39N3O5S/c1-6-17-32-31(36)29(20-25-11-8-7-9-12-25)33(21-26-13-10-14-28(19-26)39-4)30(35)22-34(40(5,37)38)27-16-15-23(2)24(3)18-27/h7-16,18-19,29H,6,17,20-22H2,1-5H3,(H,32,36)/t29-/m1/s1. The van der Waals surface area contributed by atoms with Crippen LogP contribution in [0.3, 0.4) is 0 Å². The number of hydrogen-bond acceptors (Lipinski definition) is 5. The first-order valence-electron chi connectivity index (χ1n) is 13.3. The SMILES string of the molecule is CCCNC(=O)[C@@H](Cc1ccccc1)N(Cc1cccc(OC)c1)C(=O)CN(c1ccc(C)c(C)c1)S(C)(=O)=O. The van der Waals surface area contributed by atoms with Crippen LogP contribution >= 0.6 is 0 Å². The van der Waals surface area contributed by atoms with Crippen molar-refractivity contribution in [2.24, 2.45) is 0 Å². The molecule has 3 aromatic rings. The Hall–Kier alpha value is -3.85. The van der Waals surface area contributed by atoms with Gasteiger partial charge in [-0.1, -0.05) is 55.5 Å². The lowest BCUT2D eigenvalue weighted by atomic mass is 10.0. The number of carbonyl (C=O) groups excluding carboxylic acids is 2. The summed E-state index contributed by atoms with van der Waals surface area (Å²) in [5, 5.41) is 2.94. The summed E-state index contributed by atoms with van der Waals surface area (Å²) in [5.41, 5.74) is 3.96. The first-order valence-corrected chi connectivity index (χ1v) is 15.2. The van der Waals surface area contributed by atoms with E-state index in [0.717, 1.165) is 39.2 Å². The molecule has 0 aromatic heterocycles. The zero-order chi connectivity index (χ0) is 29.3. The fraction of sp³-hybridized carbons (Fsp3) is 0.355. The third kappa shape index (κ3) is 8.32. The third-order valence-corrected chi connectivity index (χ3v) is 7.91. The Morgan fingerprint density at radius 3 is 2.25 bits per heavy atom. The van der Waals surface area contributed by atoms with Gasteiger partial charge >= 0.3 is 0 Å². The zero-order valence-corrected chi connectivity index (χ0v) is 24.7. The van der Waals surface area contributed by atoms with Crippen LogP contribution < -0.4 is 14.4 Å². The van der Waals surface area contributed by atoms with Gasteiger partial charge in [0.25, 0.3) is 0 Å². The van der Waals surface area contributed by atoms with Crippen LogP contribution in [0.2, 0.25) is 0 Å². The molecule has 0 aliphatic rings. The summed E-state index contributed by atoms with van der Waals surface area (Å²) in [7, 11) is -2.25. The van der Waals surface area contributed by atoms with Gasteiger partial charge in [-0.05, 0) is 66.8 Å². The maximum absolute atomic E-state index is 14.1. The lowest BCUT2D eigenvalue weighted by Crippen LogP contribution is -2.53. The van der Waals surface area contributed by atoms with Gasteiger partial charge in [-0.25, -0.2) is 8.42 Å². The molecular formula is C31H39N3O5S. The van der Waals surface area contributed by atoms with E-state index in [9.17, 15) is 18.0 Å². The fourth-order valence-electron chi connectivity index (χ4n) is 4.38. The highest BCUT2D eigenvalue weighted by Gasteiger charge is 2.33. The van der Waals surface area contributed by atoms with E-state index in [0.29, 0.717) is 18.0 Å². The molecule has 0 heterocycles. The molecule has 1 atom stereocenters. The van der Waals surface area contributed by atoms with Gasteiger partial charge in [0, 0.05) is 19.5 Å². The van der Waals surface area contributed by atoms with E-state index in [1.54, 1.807) is 25.3 Å². The number of methoxy groups -OCH3 is 1. The minimum atomic E-state index is -3.81. The van der Waals surface area contributed by atoms with Crippen molar-refractivity contribution in [2.75, 3.05) is 30.8 Å². The predicted octanol–water partition coefficient (Wildman–Crippen LogP) is 4.24. The lowest BCUT2D eigenvalue weighted by Gasteiger charge is -2.33. The number of nitrogens with one attached hydrogen (secondary N) is 1. The Morgan fingerprint density at radius 1 is 0.925 bits per heavy atom. The van der Waals surface area contributed by atoms with Crippen LogP contribution in [-0.4, -0.2) is 57.6 Å². The third-order valence-electron chi connectivity index (χ3n) is 6.77. The van der Waals surface area contributed by atoms with Crippen molar-refractivity contribution >= 4 is 27.5 Å². The van der Waals surface area contributed by atoms with E-state index in [4.69, 9.17) is 4.74 Å². The van der Waals surface area contributed by atoms with Gasteiger partial charge < -0.3 is 15.0 Å². The lowest BCUT2D eigenvalue weighted by molar-refractivity contribution is -0.140. The van der Waals surface area contributed by atoms with Gasteiger partial charge in [0.15, 0.2) is 0 Å². The highest BCUT2D eigenvalue weighted by atomic mass is 32.2. The number of anilines is 1. The molecule has 3 rings (SSSR count). The van der Waals surface area contributed by atoms with Crippen molar-refractivity contribution in [3.8, 4) is 5.75 Å². The molecular weight excluding hydrogens is 526 g/mol. The predicted molar refractivity (Wildman–Crippen MR) is 159 cm³/mol. The summed E-state index contributed by atoms with van der Waals surface area (Å²) in [4.78, 5) is 29.1. The van der Waals surface area contributed by atoms with Crippen molar-refractivity contribution in [2.45, 2.75) is 46.2 Å². The number of sulfonamides is 1. The molecule has 1 N–H and O–H groups in total. The average molecular weight is 566 g/mol. The average Bonchev–Trinajstić information content (AvgIpc) is 2.93. The highest BCUT2D eigenvalue weighted by molar-refractivity contribution is 7.92. The molecule has 0 aliphatic heterocycles. The summed E-state index contributed by atoms with van der Waals surface area (Å²) in [6, 6.07) is 21.2. The molecule has 0 saturated carbocycles. The second-order valence-electron chi connectivity index (χ2n) is 9.91. The topological polar surface area (TPSA) is 96.0 Å². The van der Waals surface area contributed by atoms with Gasteiger partial charge in [-0.2, -0.15) is 0 Å². The first kappa shape index (κ1) is 30.7. The van der Waals surface area contributed by atoms with Crippen molar-refractivity contribution in [3.63, 3.8) is 0 Å². The molecule has 2 amide bonds. The highest BCUT2D eigenvalue weighted by Crippen LogP contribution is 2.23. The number of carbonyl (C=O) groups is 2. The molecule has 0 saturated heterocycles. The van der Waals surface area contributed by atoms with E-state index >= 15 is 0 Å². The molecule has 0 unspecified atom stereocenters. The number of benzene rings is 3. The fourth-order valence-corrected chi connectivity index (χ4v) is 5.22. The van der Waals surface area contributed by atoms with Crippen molar-refractivity contribution < 1.29 is 22.7 Å². The van der Waals surface area contributed by atoms with Gasteiger partial charge in [0.2, 0.25) is 21.8 Å². The summed E-state index contributed by atoms with van der Waals surface area (Å²) < 4.78 is 32.3. The van der Waals surface area contributed by atoms with Crippen molar-refractivity contribution in [3.05, 3.63) is 95.1 Å². The Labute approximate surface area is 238 Å². The van der Waals surface area contributed by atoms with Crippen LogP contribution in [0.5, 0.6) is 5.75 Å². The normalized spacial score (nSPS) is 11.9. The number of rotatable bonds is 13. The summed E-state index contributed by atoms with van der Waals surface area (Å²) >= 11 is 0. The molecule has 3 aromatic carbocycles. The molecule has 0 spiro atoms. The molecule has 9 heteroatoms. The van der Waals surface area contributed by atoms with Crippen molar-refractivity contribution in [1.29, 1.82) is 0 Å². The molecule has 0 aliphatic carbocycles. The Morgan fingerprint density at radius 2 is 1.62 bits per heavy atom. The second-order valence-corrected chi connectivity index (χ2v) is 11.8. The second kappa shape index (κ2) is 14.0. The van der Waals surface area contributed by atoms with Crippen LogP contribution in [-0.2, 0) is 32.6 Å². The zero-order valence-electron chi connectivity index (χ0n) is 23.9. The number of amides is 2. The monoisotopic (exact) mass is 565 g/mol. The number of ether oxygens (including phenoxy) is 1. The maximum Gasteiger partial charge on any atom is 0.244 e. The smallest absolute Gasteiger partial charge is 0.244 e. The number of hydrogen-bond donors (Lipinski definition) is 1. The molecule has 8 nitrogen and oxygen atoms in total. The summed E-state index contributed by atoms with van der Waals surface area (Å²) in [6.07, 6.45) is 2.09. The largest absolute Gasteiger partial charge is 0.497 e. The van der Waals surface area contributed by atoms with Gasteiger partial charge in [0.1, 0.15) is 18.3 Å². The van der Waals surface area contributed by atoms with Crippen molar-refractivity contribution in [1.82, 2.24) is 10.2 Å². The molecule has 214 valence electrons. The van der Waals surface area contributed by atoms with E-state index < -0.39 is 28.5 Å². The summed E-state index contributed by atoms with van der Waals surface area (Å²) in [6.45, 7) is 5.90. The quantitative estimate of drug-likeness (QED) is 0.334. The minimum Gasteiger partial charge on any atom is -0.497 e. The van der Waals surface area contributed by atoms with Gasteiger partial charge in [-0.3, -0.25) is 13.9 Å².